The van der Waals surface area contributed by atoms with Gasteiger partial charge in [0.15, 0.2) is 0 Å². The highest BCUT2D eigenvalue weighted by Crippen LogP contribution is 2.31. The highest BCUT2D eigenvalue weighted by molar-refractivity contribution is 5.97. The standard InChI is InChI=1S/C62H72O10/c1-3-5-7-9-11-13-15-17-19-21-44-67-52-34-26-47(27-35-52)59(63)69-54-38-30-49(31-39-54)61(65)71-56-42-43-57-51(46-56)24-23-25-58(57)72-62(66)50-32-40-55(41-33-50)70-60(64)48-28-36-53(37-29-48)68-45-22-20-18-16-14-12-10-8-6-4-2/h23-43,46H,3-22,44-45H2,1-2H3. The maximum absolute atomic E-state index is 13.2. The van der Waals surface area contributed by atoms with Gasteiger partial charge in [0.05, 0.1) is 35.5 Å². The van der Waals surface area contributed by atoms with E-state index >= 15 is 0 Å². The first-order valence-electron chi connectivity index (χ1n) is 26.4. The molecule has 10 nitrogen and oxygen atoms in total. The first-order valence-corrected chi connectivity index (χ1v) is 26.4. The minimum absolute atomic E-state index is 0.260. The topological polar surface area (TPSA) is 124 Å². The molecule has 0 bridgehead atoms. The van der Waals surface area contributed by atoms with Crippen molar-refractivity contribution >= 4 is 34.6 Å². The molecule has 0 N–H and O–H groups in total. The van der Waals surface area contributed by atoms with Crippen LogP contribution in [0.1, 0.15) is 184 Å². The van der Waals surface area contributed by atoms with Crippen LogP contribution in [-0.4, -0.2) is 37.1 Å². The third-order valence-electron chi connectivity index (χ3n) is 12.5. The van der Waals surface area contributed by atoms with E-state index in [9.17, 15) is 19.2 Å². The number of benzene rings is 6. The van der Waals surface area contributed by atoms with Crippen LogP contribution in [0.2, 0.25) is 0 Å². The van der Waals surface area contributed by atoms with Crippen LogP contribution in [0.4, 0.5) is 0 Å². The molecule has 6 aromatic rings. The summed E-state index contributed by atoms with van der Waals surface area (Å²) in [4.78, 5) is 52.1. The van der Waals surface area contributed by atoms with E-state index in [0.717, 1.165) is 25.7 Å². The minimum Gasteiger partial charge on any atom is -0.494 e. The van der Waals surface area contributed by atoms with Crippen molar-refractivity contribution in [3.8, 4) is 34.5 Å². The van der Waals surface area contributed by atoms with Gasteiger partial charge in [-0.1, -0.05) is 142 Å². The average molecular weight is 977 g/mol. The van der Waals surface area contributed by atoms with Gasteiger partial charge in [0, 0.05) is 5.39 Å². The van der Waals surface area contributed by atoms with Crippen molar-refractivity contribution < 1.29 is 47.6 Å². The van der Waals surface area contributed by atoms with Crippen molar-refractivity contribution in [1.29, 1.82) is 0 Å². The van der Waals surface area contributed by atoms with Crippen molar-refractivity contribution in [3.05, 3.63) is 156 Å². The molecule has 6 rings (SSSR count). The zero-order valence-electron chi connectivity index (χ0n) is 42.3. The lowest BCUT2D eigenvalue weighted by molar-refractivity contribution is 0.0721. The quantitative estimate of drug-likeness (QED) is 0.0229. The smallest absolute Gasteiger partial charge is 0.343 e. The van der Waals surface area contributed by atoms with Gasteiger partial charge in [-0.3, -0.25) is 0 Å². The van der Waals surface area contributed by atoms with Crippen LogP contribution in [0.5, 0.6) is 34.5 Å². The van der Waals surface area contributed by atoms with E-state index in [0.29, 0.717) is 52.4 Å². The first-order chi connectivity index (χ1) is 35.3. The van der Waals surface area contributed by atoms with Crippen molar-refractivity contribution in [2.24, 2.45) is 0 Å². The van der Waals surface area contributed by atoms with Crippen LogP contribution in [0.3, 0.4) is 0 Å². The number of esters is 4. The molecule has 0 saturated carbocycles. The van der Waals surface area contributed by atoms with Gasteiger partial charge < -0.3 is 28.4 Å². The van der Waals surface area contributed by atoms with Crippen LogP contribution in [0, 0.1) is 0 Å². The lowest BCUT2D eigenvalue weighted by atomic mass is 10.1. The molecule has 0 aromatic heterocycles. The van der Waals surface area contributed by atoms with Gasteiger partial charge in [0.25, 0.3) is 0 Å². The third-order valence-corrected chi connectivity index (χ3v) is 12.5. The Morgan fingerprint density at radius 2 is 0.639 bits per heavy atom. The van der Waals surface area contributed by atoms with Crippen molar-refractivity contribution in [3.63, 3.8) is 0 Å². The molecule has 6 aromatic carbocycles. The molecule has 0 amide bonds. The molecule has 0 saturated heterocycles. The van der Waals surface area contributed by atoms with Crippen LogP contribution >= 0.6 is 0 Å². The molecule has 0 aliphatic heterocycles. The summed E-state index contributed by atoms with van der Waals surface area (Å²) in [5.41, 5.74) is 1.28. The number of carbonyl (C=O) groups is 4. The molecule has 10 heteroatoms. The van der Waals surface area contributed by atoms with E-state index in [1.165, 1.54) is 151 Å². The fourth-order valence-corrected chi connectivity index (χ4v) is 8.29. The number of hydrogen-bond acceptors (Lipinski definition) is 10. The van der Waals surface area contributed by atoms with Gasteiger partial charge in [0.2, 0.25) is 0 Å². The zero-order chi connectivity index (χ0) is 50.6. The highest BCUT2D eigenvalue weighted by atomic mass is 16.5. The third kappa shape index (κ3) is 18.7. The Morgan fingerprint density at radius 1 is 0.319 bits per heavy atom. The van der Waals surface area contributed by atoms with Gasteiger partial charge >= 0.3 is 23.9 Å². The normalized spacial score (nSPS) is 11.0. The van der Waals surface area contributed by atoms with Crippen LogP contribution in [0.15, 0.2) is 133 Å². The second-order valence-electron chi connectivity index (χ2n) is 18.4. The van der Waals surface area contributed by atoms with Gasteiger partial charge in [-0.05, 0) is 140 Å². The number of fused-ring (bicyclic) bond motifs is 1. The van der Waals surface area contributed by atoms with Crippen LogP contribution in [-0.2, 0) is 0 Å². The Morgan fingerprint density at radius 3 is 1.03 bits per heavy atom. The summed E-state index contributed by atoms with van der Waals surface area (Å²) in [5.74, 6) is 0.324. The summed E-state index contributed by atoms with van der Waals surface area (Å²) in [6.45, 7) is 5.77. The van der Waals surface area contributed by atoms with Crippen molar-refractivity contribution in [2.75, 3.05) is 13.2 Å². The number of unbranched alkanes of at least 4 members (excludes halogenated alkanes) is 18. The van der Waals surface area contributed by atoms with Gasteiger partial charge in [-0.15, -0.1) is 0 Å². The maximum atomic E-state index is 13.2. The Labute approximate surface area is 426 Å². The van der Waals surface area contributed by atoms with Crippen molar-refractivity contribution in [2.45, 2.75) is 142 Å². The van der Waals surface area contributed by atoms with E-state index in [2.05, 4.69) is 13.8 Å². The molecule has 0 radical (unpaired) electrons. The van der Waals surface area contributed by atoms with Gasteiger partial charge in [-0.2, -0.15) is 0 Å². The zero-order valence-corrected chi connectivity index (χ0v) is 42.3. The summed E-state index contributed by atoms with van der Waals surface area (Å²) in [7, 11) is 0. The molecule has 380 valence electrons. The largest absolute Gasteiger partial charge is 0.494 e. The van der Waals surface area contributed by atoms with Gasteiger partial charge in [-0.25, -0.2) is 19.2 Å². The number of carbonyl (C=O) groups excluding carboxylic acids is 4. The second-order valence-corrected chi connectivity index (χ2v) is 18.4. The van der Waals surface area contributed by atoms with E-state index in [-0.39, 0.29) is 28.4 Å². The van der Waals surface area contributed by atoms with Crippen LogP contribution in [0.25, 0.3) is 10.8 Å². The number of ether oxygens (including phenoxy) is 6. The molecule has 0 fully saturated rings. The summed E-state index contributed by atoms with van der Waals surface area (Å²) >= 11 is 0. The molecule has 0 aliphatic rings. The molecule has 0 unspecified atom stereocenters. The van der Waals surface area contributed by atoms with E-state index in [1.807, 2.05) is 6.07 Å². The number of hydrogen-bond donors (Lipinski definition) is 0. The van der Waals surface area contributed by atoms with E-state index in [4.69, 9.17) is 28.4 Å². The summed E-state index contributed by atoms with van der Waals surface area (Å²) < 4.78 is 34.3. The SMILES string of the molecule is CCCCCCCCCCCCOc1ccc(C(=O)Oc2ccc(C(=O)Oc3ccc4c(OC(=O)c5ccc(OC(=O)c6ccc(OCCCCCCCCCCCC)cc6)cc5)cccc4c3)cc2)cc1. The molecule has 0 atom stereocenters. The lowest BCUT2D eigenvalue weighted by Crippen LogP contribution is -2.11. The Hall–Kier alpha value is -6.94. The van der Waals surface area contributed by atoms with Crippen LogP contribution < -0.4 is 28.4 Å². The Balaban J connectivity index is 0.892. The Bertz CT molecular complexity index is 2570. The maximum Gasteiger partial charge on any atom is 0.343 e. The fourth-order valence-electron chi connectivity index (χ4n) is 8.29. The summed E-state index contributed by atoms with van der Waals surface area (Å²) in [6, 6.07) is 36.3. The molecule has 0 aliphatic carbocycles. The monoisotopic (exact) mass is 977 g/mol. The predicted octanol–water partition coefficient (Wildman–Crippen LogP) is 16.3. The van der Waals surface area contributed by atoms with E-state index in [1.54, 1.807) is 78.9 Å². The highest BCUT2D eigenvalue weighted by Gasteiger charge is 2.16. The number of rotatable bonds is 32. The molecule has 0 spiro atoms. The van der Waals surface area contributed by atoms with Gasteiger partial charge in [0.1, 0.15) is 34.5 Å². The second kappa shape index (κ2) is 30.7. The Kier molecular flexibility index (Phi) is 23.2. The first kappa shape index (κ1) is 54.4. The average Bonchev–Trinajstić information content (AvgIpc) is 3.40. The predicted molar refractivity (Wildman–Crippen MR) is 284 cm³/mol. The van der Waals surface area contributed by atoms with E-state index < -0.39 is 23.9 Å². The van der Waals surface area contributed by atoms with Crippen molar-refractivity contribution in [1.82, 2.24) is 0 Å². The molecule has 72 heavy (non-hydrogen) atoms. The minimum atomic E-state index is -0.602. The summed E-state index contributed by atoms with van der Waals surface area (Å²) in [5, 5.41) is 1.31. The molecule has 0 heterocycles. The lowest BCUT2D eigenvalue weighted by Gasteiger charge is -2.11. The molecular formula is C62H72O10. The summed E-state index contributed by atoms with van der Waals surface area (Å²) in [6.07, 6.45) is 25.3. The molecular weight excluding hydrogens is 905 g/mol. The fraction of sp³-hybridized carbons (Fsp3) is 0.387.